The van der Waals surface area contributed by atoms with Gasteiger partial charge in [0.2, 0.25) is 0 Å². The molecule has 2 rings (SSSR count). The first-order valence-electron chi connectivity index (χ1n) is 6.41. The van der Waals surface area contributed by atoms with E-state index in [2.05, 4.69) is 26.0 Å². The van der Waals surface area contributed by atoms with Gasteiger partial charge in [-0.25, -0.2) is 4.79 Å². The molecule has 1 unspecified atom stereocenters. The van der Waals surface area contributed by atoms with E-state index >= 15 is 0 Å². The van der Waals surface area contributed by atoms with Crippen LogP contribution in [0.25, 0.3) is 0 Å². The summed E-state index contributed by atoms with van der Waals surface area (Å²) in [6.45, 7) is 3.07. The van der Waals surface area contributed by atoms with Crippen LogP contribution in [0.15, 0.2) is 22.7 Å². The van der Waals surface area contributed by atoms with Crippen molar-refractivity contribution in [2.75, 3.05) is 20.2 Å². The largest absolute Gasteiger partial charge is 0.453 e. The van der Waals surface area contributed by atoms with Crippen LogP contribution in [0, 0.1) is 6.92 Å². The van der Waals surface area contributed by atoms with Crippen molar-refractivity contribution < 1.29 is 14.3 Å². The first kappa shape index (κ1) is 14.8. The summed E-state index contributed by atoms with van der Waals surface area (Å²) >= 11 is 3.38. The number of hydrogen-bond acceptors (Lipinski definition) is 3. The molecule has 0 aliphatic carbocycles. The van der Waals surface area contributed by atoms with Crippen molar-refractivity contribution in [1.29, 1.82) is 0 Å². The van der Waals surface area contributed by atoms with Crippen molar-refractivity contribution in [3.05, 3.63) is 33.8 Å². The summed E-state index contributed by atoms with van der Waals surface area (Å²) in [5.41, 5.74) is 1.64. The number of hydrogen-bond donors (Lipinski definition) is 1. The monoisotopic (exact) mass is 340 g/mol. The third kappa shape index (κ3) is 3.30. The summed E-state index contributed by atoms with van der Waals surface area (Å²) in [6, 6.07) is 5.62. The number of ether oxygens (including phenoxy) is 1. The Balaban J connectivity index is 2.04. The SMILES string of the molecule is COC(=O)NC1CCN(C(=O)c2cc(Br)ccc2C)C1. The quantitative estimate of drug-likeness (QED) is 0.898. The first-order chi connectivity index (χ1) is 9.51. The zero-order valence-electron chi connectivity index (χ0n) is 11.5. The molecule has 6 heteroatoms. The Kier molecular flexibility index (Phi) is 4.65. The lowest BCUT2D eigenvalue weighted by atomic mass is 10.1. The highest BCUT2D eigenvalue weighted by Crippen LogP contribution is 2.20. The Labute approximate surface area is 126 Å². The number of methoxy groups -OCH3 is 1. The average molecular weight is 341 g/mol. The number of benzene rings is 1. The van der Waals surface area contributed by atoms with Crippen LogP contribution in [0.2, 0.25) is 0 Å². The fraction of sp³-hybridized carbons (Fsp3) is 0.429. The second kappa shape index (κ2) is 6.26. The van der Waals surface area contributed by atoms with Gasteiger partial charge in [-0.1, -0.05) is 22.0 Å². The van der Waals surface area contributed by atoms with E-state index in [0.29, 0.717) is 18.7 Å². The summed E-state index contributed by atoms with van der Waals surface area (Å²) in [4.78, 5) is 25.4. The maximum absolute atomic E-state index is 12.5. The van der Waals surface area contributed by atoms with Crippen molar-refractivity contribution >= 4 is 27.9 Å². The standard InChI is InChI=1S/C14H17BrN2O3/c1-9-3-4-10(15)7-12(9)13(18)17-6-5-11(8-17)16-14(19)20-2/h3-4,7,11H,5-6,8H2,1-2H3,(H,16,19). The predicted molar refractivity (Wildman–Crippen MR) is 78.7 cm³/mol. The summed E-state index contributed by atoms with van der Waals surface area (Å²) in [6.07, 6.45) is 0.288. The highest BCUT2D eigenvalue weighted by molar-refractivity contribution is 9.10. The molecule has 1 aliphatic rings. The summed E-state index contributed by atoms with van der Waals surface area (Å²) in [5, 5.41) is 2.73. The predicted octanol–water partition coefficient (Wildman–Crippen LogP) is 2.33. The van der Waals surface area contributed by atoms with Gasteiger partial charge in [-0.3, -0.25) is 4.79 Å². The van der Waals surface area contributed by atoms with Gasteiger partial charge in [-0.15, -0.1) is 0 Å². The van der Waals surface area contributed by atoms with E-state index in [0.717, 1.165) is 16.5 Å². The van der Waals surface area contributed by atoms with Gasteiger partial charge in [0.1, 0.15) is 0 Å². The van der Waals surface area contributed by atoms with E-state index in [1.54, 1.807) is 4.90 Å². The maximum atomic E-state index is 12.5. The highest BCUT2D eigenvalue weighted by Gasteiger charge is 2.28. The van der Waals surface area contributed by atoms with Crippen LogP contribution in [-0.2, 0) is 4.74 Å². The molecule has 1 fully saturated rings. The van der Waals surface area contributed by atoms with E-state index < -0.39 is 6.09 Å². The molecule has 5 nitrogen and oxygen atoms in total. The Hall–Kier alpha value is -1.56. The third-order valence-corrected chi connectivity index (χ3v) is 3.91. The Bertz CT molecular complexity index is 533. The van der Waals surface area contributed by atoms with E-state index in [-0.39, 0.29) is 11.9 Å². The third-order valence-electron chi connectivity index (χ3n) is 3.41. The zero-order chi connectivity index (χ0) is 14.7. The number of carbonyl (C=O) groups excluding carboxylic acids is 2. The molecule has 0 radical (unpaired) electrons. The number of amides is 2. The average Bonchev–Trinajstić information content (AvgIpc) is 2.89. The molecular weight excluding hydrogens is 324 g/mol. The molecule has 0 bridgehead atoms. The fourth-order valence-corrected chi connectivity index (χ4v) is 2.64. The molecule has 0 saturated carbocycles. The molecule has 1 aromatic rings. The molecule has 1 saturated heterocycles. The van der Waals surface area contributed by atoms with Crippen LogP contribution in [0.5, 0.6) is 0 Å². The number of halogens is 1. The number of likely N-dealkylation sites (tertiary alicyclic amines) is 1. The minimum atomic E-state index is -0.456. The lowest BCUT2D eigenvalue weighted by Crippen LogP contribution is -2.38. The van der Waals surface area contributed by atoms with Gasteiger partial charge in [0, 0.05) is 23.1 Å². The van der Waals surface area contributed by atoms with E-state index in [4.69, 9.17) is 0 Å². The Morgan fingerprint density at radius 2 is 2.20 bits per heavy atom. The molecule has 1 atom stereocenters. The second-order valence-corrected chi connectivity index (χ2v) is 5.75. The zero-order valence-corrected chi connectivity index (χ0v) is 13.1. The van der Waals surface area contributed by atoms with Crippen molar-refractivity contribution in [3.63, 3.8) is 0 Å². The second-order valence-electron chi connectivity index (χ2n) is 4.83. The van der Waals surface area contributed by atoms with Crippen LogP contribution in [0.1, 0.15) is 22.3 Å². The number of nitrogens with zero attached hydrogens (tertiary/aromatic N) is 1. The van der Waals surface area contributed by atoms with Crippen LogP contribution in [0.3, 0.4) is 0 Å². The Morgan fingerprint density at radius 3 is 2.90 bits per heavy atom. The summed E-state index contributed by atoms with van der Waals surface area (Å²) in [5.74, 6) is -0.00188. The van der Waals surface area contributed by atoms with Gasteiger partial charge in [0.05, 0.1) is 13.2 Å². The van der Waals surface area contributed by atoms with Crippen molar-refractivity contribution in [1.82, 2.24) is 10.2 Å². The summed E-state index contributed by atoms with van der Waals surface area (Å²) in [7, 11) is 1.33. The molecule has 20 heavy (non-hydrogen) atoms. The van der Waals surface area contributed by atoms with Gasteiger partial charge in [-0.2, -0.15) is 0 Å². The number of nitrogens with one attached hydrogen (secondary N) is 1. The molecule has 2 amide bonds. The van der Waals surface area contributed by atoms with Crippen molar-refractivity contribution in [2.45, 2.75) is 19.4 Å². The van der Waals surface area contributed by atoms with Crippen LogP contribution in [-0.4, -0.2) is 43.1 Å². The summed E-state index contributed by atoms with van der Waals surface area (Å²) < 4.78 is 5.45. The molecule has 0 spiro atoms. The number of alkyl carbamates (subject to hydrolysis) is 1. The van der Waals surface area contributed by atoms with Gasteiger partial charge in [0.25, 0.3) is 5.91 Å². The number of rotatable bonds is 2. The fourth-order valence-electron chi connectivity index (χ4n) is 2.28. The van der Waals surface area contributed by atoms with E-state index in [1.165, 1.54) is 7.11 Å². The normalized spacial score (nSPS) is 17.9. The molecule has 1 aliphatic heterocycles. The van der Waals surface area contributed by atoms with Crippen molar-refractivity contribution in [3.8, 4) is 0 Å². The van der Waals surface area contributed by atoms with Crippen LogP contribution < -0.4 is 5.32 Å². The van der Waals surface area contributed by atoms with Gasteiger partial charge in [-0.05, 0) is 31.0 Å². The molecule has 0 aromatic heterocycles. The lowest BCUT2D eigenvalue weighted by Gasteiger charge is -2.18. The van der Waals surface area contributed by atoms with Crippen LogP contribution in [0.4, 0.5) is 4.79 Å². The van der Waals surface area contributed by atoms with Gasteiger partial charge < -0.3 is 15.0 Å². The number of carbonyl (C=O) groups is 2. The maximum Gasteiger partial charge on any atom is 0.407 e. The van der Waals surface area contributed by atoms with Gasteiger partial charge >= 0.3 is 6.09 Å². The van der Waals surface area contributed by atoms with E-state index in [1.807, 2.05) is 25.1 Å². The topological polar surface area (TPSA) is 58.6 Å². The molecule has 108 valence electrons. The Morgan fingerprint density at radius 1 is 1.45 bits per heavy atom. The van der Waals surface area contributed by atoms with Crippen molar-refractivity contribution in [2.24, 2.45) is 0 Å². The lowest BCUT2D eigenvalue weighted by molar-refractivity contribution is 0.0787. The molecule has 1 N–H and O–H groups in total. The molecule has 1 aromatic carbocycles. The minimum absolute atomic E-state index is 0.00188. The smallest absolute Gasteiger partial charge is 0.407 e. The van der Waals surface area contributed by atoms with E-state index in [9.17, 15) is 9.59 Å². The highest BCUT2D eigenvalue weighted by atomic mass is 79.9. The molecular formula is C14H17BrN2O3. The molecule has 1 heterocycles. The van der Waals surface area contributed by atoms with Crippen LogP contribution >= 0.6 is 15.9 Å². The first-order valence-corrected chi connectivity index (χ1v) is 7.20. The minimum Gasteiger partial charge on any atom is -0.453 e. The van der Waals surface area contributed by atoms with Gasteiger partial charge in [0.15, 0.2) is 0 Å². The number of aryl methyl sites for hydroxylation is 1.